The molecule has 0 spiro atoms. The van der Waals surface area contributed by atoms with E-state index in [9.17, 15) is 9.90 Å². The summed E-state index contributed by atoms with van der Waals surface area (Å²) >= 11 is 0. The molecule has 0 radical (unpaired) electrons. The van der Waals surface area contributed by atoms with Crippen LogP contribution in [0.5, 0.6) is 0 Å². The van der Waals surface area contributed by atoms with Crippen molar-refractivity contribution >= 4 is 5.97 Å². The summed E-state index contributed by atoms with van der Waals surface area (Å²) in [6.07, 6.45) is 46.5. The van der Waals surface area contributed by atoms with E-state index < -0.39 is 5.97 Å². The molecule has 0 atom stereocenters. The van der Waals surface area contributed by atoms with Crippen LogP contribution in [0.15, 0.2) is 0 Å². The molecule has 0 aromatic rings. The second-order valence-electron chi connectivity index (χ2n) is 12.4. The van der Waals surface area contributed by atoms with E-state index >= 15 is 0 Å². The molecule has 0 saturated carbocycles. The molecule has 0 bridgehead atoms. The second kappa shape index (κ2) is 38.5. The Hall–Kier alpha value is 0.470. The van der Waals surface area contributed by atoms with Gasteiger partial charge >= 0.3 is 29.6 Å². The van der Waals surface area contributed by atoms with Gasteiger partial charge in [0.25, 0.3) is 0 Å². The minimum Gasteiger partial charge on any atom is -0.550 e. The van der Waals surface area contributed by atoms with Crippen LogP contribution in [0.2, 0.25) is 0 Å². The van der Waals surface area contributed by atoms with E-state index in [4.69, 9.17) is 0 Å². The molecule has 0 amide bonds. The minimum absolute atomic E-state index is 0. The van der Waals surface area contributed by atoms with Gasteiger partial charge in [-0.1, -0.05) is 212 Å². The zero-order valence-electron chi connectivity index (χ0n) is 27.4. The van der Waals surface area contributed by atoms with Crippen LogP contribution < -0.4 is 34.7 Å². The van der Waals surface area contributed by atoms with Crippen LogP contribution in [0.3, 0.4) is 0 Å². The maximum Gasteiger partial charge on any atom is 1.00 e. The number of carboxylic acids is 1. The van der Waals surface area contributed by atoms with Gasteiger partial charge in [-0.15, -0.1) is 0 Å². The maximum atomic E-state index is 10.4. The van der Waals surface area contributed by atoms with Gasteiger partial charge in [-0.2, -0.15) is 0 Å². The summed E-state index contributed by atoms with van der Waals surface area (Å²) in [5.41, 5.74) is 0. The van der Waals surface area contributed by atoms with Gasteiger partial charge in [-0.3, -0.25) is 0 Å². The summed E-state index contributed by atoms with van der Waals surface area (Å²) in [6.45, 7) is 2.30. The number of carbonyl (C=O) groups is 1. The largest absolute Gasteiger partial charge is 1.00 e. The standard InChI is InChI=1S/C36H72O2.Na/c1-2-3-4-5-6-7-8-9-10-11-12-13-14-15-16-17-18-19-20-21-22-23-24-25-26-27-28-29-30-31-32-33-34-35-36(37)38;/h2-35H2,1H3,(H,37,38);/q;+1/p-1. The van der Waals surface area contributed by atoms with Crippen LogP contribution in [0.4, 0.5) is 0 Å². The van der Waals surface area contributed by atoms with Crippen molar-refractivity contribution in [3.63, 3.8) is 0 Å². The minimum atomic E-state index is -0.897. The Labute approximate surface area is 269 Å². The summed E-state index contributed by atoms with van der Waals surface area (Å²) < 4.78 is 0. The van der Waals surface area contributed by atoms with Crippen LogP contribution >= 0.6 is 0 Å². The van der Waals surface area contributed by atoms with Crippen molar-refractivity contribution in [2.75, 3.05) is 0 Å². The van der Waals surface area contributed by atoms with Gasteiger partial charge in [0, 0.05) is 5.97 Å². The summed E-state index contributed by atoms with van der Waals surface area (Å²) in [5, 5.41) is 10.4. The zero-order chi connectivity index (χ0) is 27.6. The zero-order valence-corrected chi connectivity index (χ0v) is 29.4. The fourth-order valence-corrected chi connectivity index (χ4v) is 5.82. The average Bonchev–Trinajstić information content (AvgIpc) is 2.91. The molecule has 39 heavy (non-hydrogen) atoms. The summed E-state index contributed by atoms with van der Waals surface area (Å²) in [7, 11) is 0. The monoisotopic (exact) mass is 559 g/mol. The molecule has 0 N–H and O–H groups in total. The van der Waals surface area contributed by atoms with Crippen LogP contribution in [0.1, 0.15) is 225 Å². The molecule has 228 valence electrons. The van der Waals surface area contributed by atoms with Gasteiger partial charge in [-0.05, 0) is 12.8 Å². The van der Waals surface area contributed by atoms with E-state index in [2.05, 4.69) is 6.92 Å². The van der Waals surface area contributed by atoms with E-state index in [-0.39, 0.29) is 36.0 Å². The number of hydrogen-bond acceptors (Lipinski definition) is 2. The third-order valence-corrected chi connectivity index (χ3v) is 8.48. The van der Waals surface area contributed by atoms with E-state index in [1.807, 2.05) is 0 Å². The fraction of sp³-hybridized carbons (Fsp3) is 0.972. The Morgan fingerprint density at radius 3 is 0.641 bits per heavy atom. The van der Waals surface area contributed by atoms with Crippen LogP contribution in [0, 0.1) is 0 Å². The van der Waals surface area contributed by atoms with Crippen molar-refractivity contribution < 1.29 is 39.5 Å². The predicted molar refractivity (Wildman–Crippen MR) is 168 cm³/mol. The van der Waals surface area contributed by atoms with Gasteiger partial charge < -0.3 is 9.90 Å². The van der Waals surface area contributed by atoms with Crippen LogP contribution in [-0.4, -0.2) is 5.97 Å². The van der Waals surface area contributed by atoms with Crippen molar-refractivity contribution in [2.24, 2.45) is 0 Å². The summed E-state index contributed by atoms with van der Waals surface area (Å²) in [6, 6.07) is 0. The molecule has 0 aliphatic carbocycles. The average molecular weight is 559 g/mol. The normalized spacial score (nSPS) is 11.1. The van der Waals surface area contributed by atoms with E-state index in [0.717, 1.165) is 12.8 Å². The molecule has 0 aliphatic rings. The van der Waals surface area contributed by atoms with Crippen molar-refractivity contribution in [3.8, 4) is 0 Å². The Morgan fingerprint density at radius 2 is 0.487 bits per heavy atom. The van der Waals surface area contributed by atoms with Crippen molar-refractivity contribution in [3.05, 3.63) is 0 Å². The number of aliphatic carboxylic acids is 1. The fourth-order valence-electron chi connectivity index (χ4n) is 5.82. The molecule has 0 saturated heterocycles. The number of hydrogen-bond donors (Lipinski definition) is 0. The molecule has 0 aromatic carbocycles. The Bertz CT molecular complexity index is 440. The molecule has 3 heteroatoms. The Morgan fingerprint density at radius 1 is 0.333 bits per heavy atom. The number of unbranched alkanes of at least 4 members (excludes halogenated alkanes) is 32. The van der Waals surface area contributed by atoms with E-state index in [1.165, 1.54) is 199 Å². The Kier molecular flexibility index (Phi) is 41.0. The van der Waals surface area contributed by atoms with Gasteiger partial charge in [0.1, 0.15) is 0 Å². The first-order valence-corrected chi connectivity index (χ1v) is 18.0. The van der Waals surface area contributed by atoms with Gasteiger partial charge in [-0.25, -0.2) is 0 Å². The third kappa shape index (κ3) is 40.7. The number of carboxylic acid groups (broad SMARTS) is 1. The summed E-state index contributed by atoms with van der Waals surface area (Å²) in [4.78, 5) is 10.4. The van der Waals surface area contributed by atoms with Crippen molar-refractivity contribution in [2.45, 2.75) is 225 Å². The van der Waals surface area contributed by atoms with Gasteiger partial charge in [0.2, 0.25) is 0 Å². The molecule has 0 aromatic heterocycles. The second-order valence-corrected chi connectivity index (χ2v) is 12.4. The first kappa shape index (κ1) is 41.6. The number of rotatable bonds is 34. The van der Waals surface area contributed by atoms with Crippen LogP contribution in [0.25, 0.3) is 0 Å². The molecule has 0 rings (SSSR count). The SMILES string of the molecule is CCCCCCCCCCCCCCCCCCCCCCCCCCCCCCCCCCCC(=O)[O-].[Na+]. The summed E-state index contributed by atoms with van der Waals surface area (Å²) in [5.74, 6) is -0.897. The molecule has 2 nitrogen and oxygen atoms in total. The smallest absolute Gasteiger partial charge is 0.550 e. The van der Waals surface area contributed by atoms with Crippen LogP contribution in [-0.2, 0) is 4.79 Å². The Balaban J connectivity index is 0. The molecule has 0 unspecified atom stereocenters. The molecular formula is C36H71NaO2. The molecular weight excluding hydrogens is 487 g/mol. The molecule has 0 heterocycles. The third-order valence-electron chi connectivity index (χ3n) is 8.48. The first-order valence-electron chi connectivity index (χ1n) is 18.0. The molecule has 0 aliphatic heterocycles. The van der Waals surface area contributed by atoms with Gasteiger partial charge in [0.15, 0.2) is 0 Å². The maximum absolute atomic E-state index is 10.4. The topological polar surface area (TPSA) is 40.1 Å². The van der Waals surface area contributed by atoms with E-state index in [0.29, 0.717) is 0 Å². The van der Waals surface area contributed by atoms with E-state index in [1.54, 1.807) is 0 Å². The van der Waals surface area contributed by atoms with Gasteiger partial charge in [0.05, 0.1) is 0 Å². The number of carbonyl (C=O) groups excluding carboxylic acids is 1. The quantitative estimate of drug-likeness (QED) is 0.0584. The molecule has 0 fully saturated rings. The van der Waals surface area contributed by atoms with Crippen molar-refractivity contribution in [1.82, 2.24) is 0 Å². The predicted octanol–water partition coefficient (Wildman–Crippen LogP) is 9.02. The van der Waals surface area contributed by atoms with Crippen molar-refractivity contribution in [1.29, 1.82) is 0 Å². The first-order chi connectivity index (χ1) is 18.8.